The van der Waals surface area contributed by atoms with E-state index in [-0.39, 0.29) is 11.5 Å². The Bertz CT molecular complexity index is 833. The molecule has 116 valence electrons. The van der Waals surface area contributed by atoms with Gasteiger partial charge in [0, 0.05) is 5.69 Å². The predicted molar refractivity (Wildman–Crippen MR) is 88.4 cm³/mol. The molecule has 0 saturated carbocycles. The van der Waals surface area contributed by atoms with Gasteiger partial charge in [-0.15, -0.1) is 10.2 Å². The molecule has 0 radical (unpaired) electrons. The van der Waals surface area contributed by atoms with E-state index in [1.54, 1.807) is 22.8 Å². The van der Waals surface area contributed by atoms with Gasteiger partial charge in [0.15, 0.2) is 11.0 Å². The van der Waals surface area contributed by atoms with Gasteiger partial charge in [-0.3, -0.25) is 9.36 Å². The number of phenols is 1. The molecule has 3 N–H and O–H groups in total. The van der Waals surface area contributed by atoms with Gasteiger partial charge in [-0.05, 0) is 24.3 Å². The quantitative estimate of drug-likeness (QED) is 0.701. The third-order valence-electron chi connectivity index (χ3n) is 3.14. The Balaban J connectivity index is 2.14. The van der Waals surface area contributed by atoms with Crippen molar-refractivity contribution in [2.45, 2.75) is 5.16 Å². The summed E-state index contributed by atoms with van der Waals surface area (Å²) < 4.78 is 1.79. The molecule has 0 bridgehead atoms. The number of benzene rings is 2. The molecule has 0 unspecified atom stereocenters. The first-order chi connectivity index (χ1) is 11.2. The van der Waals surface area contributed by atoms with Crippen molar-refractivity contribution in [2.24, 2.45) is 5.73 Å². The van der Waals surface area contributed by atoms with Gasteiger partial charge < -0.3 is 10.8 Å². The van der Waals surface area contributed by atoms with Crippen LogP contribution in [0.25, 0.3) is 17.1 Å². The van der Waals surface area contributed by atoms with E-state index in [4.69, 9.17) is 5.73 Å². The maximum atomic E-state index is 11.1. The van der Waals surface area contributed by atoms with E-state index in [0.29, 0.717) is 16.5 Å². The van der Waals surface area contributed by atoms with E-state index in [1.165, 1.54) is 11.8 Å². The van der Waals surface area contributed by atoms with Gasteiger partial charge in [-0.1, -0.05) is 42.1 Å². The zero-order valence-corrected chi connectivity index (χ0v) is 12.9. The standard InChI is InChI=1S/C16H14N4O2S/c17-14(22)10-23-16-19-18-15(12-8-4-5-9-13(12)21)20(16)11-6-2-1-3-7-11/h1-9,21H,10H2,(H2,17,22). The van der Waals surface area contributed by atoms with Crippen LogP contribution in [-0.2, 0) is 4.79 Å². The second kappa shape index (κ2) is 6.53. The molecule has 0 aliphatic rings. The molecule has 0 aliphatic heterocycles. The van der Waals surface area contributed by atoms with E-state index in [0.717, 1.165) is 5.69 Å². The highest BCUT2D eigenvalue weighted by Crippen LogP contribution is 2.32. The Morgan fingerprint density at radius 1 is 1.09 bits per heavy atom. The second-order valence-electron chi connectivity index (χ2n) is 4.75. The van der Waals surface area contributed by atoms with Crippen molar-refractivity contribution >= 4 is 17.7 Å². The average molecular weight is 326 g/mol. The number of carbonyl (C=O) groups excluding carboxylic acids is 1. The molecule has 0 aliphatic carbocycles. The number of phenolic OH excluding ortho intramolecular Hbond substituents is 1. The van der Waals surface area contributed by atoms with Crippen LogP contribution in [-0.4, -0.2) is 31.5 Å². The molecule has 0 saturated heterocycles. The monoisotopic (exact) mass is 326 g/mol. The fourth-order valence-electron chi connectivity index (χ4n) is 2.15. The molecule has 3 aromatic rings. The Morgan fingerprint density at radius 3 is 2.48 bits per heavy atom. The van der Waals surface area contributed by atoms with Crippen LogP contribution in [0.2, 0.25) is 0 Å². The van der Waals surface area contributed by atoms with Crippen LogP contribution in [0.3, 0.4) is 0 Å². The summed E-state index contributed by atoms with van der Waals surface area (Å²) in [5.41, 5.74) is 6.61. The maximum absolute atomic E-state index is 11.1. The number of thioether (sulfide) groups is 1. The molecule has 1 amide bonds. The topological polar surface area (TPSA) is 94.0 Å². The number of para-hydroxylation sites is 2. The van der Waals surface area contributed by atoms with Gasteiger partial charge in [0.25, 0.3) is 0 Å². The van der Waals surface area contributed by atoms with Crippen molar-refractivity contribution in [3.63, 3.8) is 0 Å². The molecule has 6 nitrogen and oxygen atoms in total. The highest BCUT2D eigenvalue weighted by molar-refractivity contribution is 7.99. The Kier molecular flexibility index (Phi) is 4.29. The minimum atomic E-state index is -0.429. The molecule has 1 aromatic heterocycles. The van der Waals surface area contributed by atoms with Gasteiger partial charge in [-0.2, -0.15) is 0 Å². The third-order valence-corrected chi connectivity index (χ3v) is 4.09. The number of rotatable bonds is 5. The van der Waals surface area contributed by atoms with Crippen LogP contribution in [0.4, 0.5) is 0 Å². The average Bonchev–Trinajstić information content (AvgIpc) is 2.98. The predicted octanol–water partition coefficient (Wildman–Crippen LogP) is 2.22. The van der Waals surface area contributed by atoms with Crippen molar-refractivity contribution in [1.29, 1.82) is 0 Å². The minimum Gasteiger partial charge on any atom is -0.507 e. The number of hydrogen-bond donors (Lipinski definition) is 2. The largest absolute Gasteiger partial charge is 0.507 e. The fraction of sp³-hybridized carbons (Fsp3) is 0.0625. The second-order valence-corrected chi connectivity index (χ2v) is 5.69. The van der Waals surface area contributed by atoms with E-state index >= 15 is 0 Å². The molecule has 2 aromatic carbocycles. The Morgan fingerprint density at radius 2 is 1.78 bits per heavy atom. The van der Waals surface area contributed by atoms with E-state index in [2.05, 4.69) is 10.2 Å². The number of amides is 1. The third kappa shape index (κ3) is 3.19. The number of nitrogens with zero attached hydrogens (tertiary/aromatic N) is 3. The van der Waals surface area contributed by atoms with Crippen LogP contribution in [0, 0.1) is 0 Å². The van der Waals surface area contributed by atoms with E-state index in [9.17, 15) is 9.90 Å². The van der Waals surface area contributed by atoms with Crippen molar-refractivity contribution in [3.8, 4) is 22.8 Å². The molecular weight excluding hydrogens is 312 g/mol. The number of primary amides is 1. The zero-order valence-electron chi connectivity index (χ0n) is 12.1. The van der Waals surface area contributed by atoms with Crippen LogP contribution in [0.1, 0.15) is 0 Å². The number of hydrogen-bond acceptors (Lipinski definition) is 5. The van der Waals surface area contributed by atoms with Crippen LogP contribution < -0.4 is 5.73 Å². The lowest BCUT2D eigenvalue weighted by molar-refractivity contribution is -0.115. The number of aromatic hydroxyl groups is 1. The maximum Gasteiger partial charge on any atom is 0.227 e. The van der Waals surface area contributed by atoms with Crippen molar-refractivity contribution in [2.75, 3.05) is 5.75 Å². The summed E-state index contributed by atoms with van der Waals surface area (Å²) in [4.78, 5) is 11.1. The number of nitrogens with two attached hydrogens (primary N) is 1. The normalized spacial score (nSPS) is 10.6. The van der Waals surface area contributed by atoms with Gasteiger partial charge in [0.1, 0.15) is 5.75 Å². The highest BCUT2D eigenvalue weighted by atomic mass is 32.2. The molecular formula is C16H14N4O2S. The zero-order chi connectivity index (χ0) is 16.2. The van der Waals surface area contributed by atoms with Crippen LogP contribution in [0.15, 0.2) is 59.8 Å². The lowest BCUT2D eigenvalue weighted by atomic mass is 10.2. The van der Waals surface area contributed by atoms with Gasteiger partial charge >= 0.3 is 0 Å². The van der Waals surface area contributed by atoms with Crippen LogP contribution in [0.5, 0.6) is 5.75 Å². The van der Waals surface area contributed by atoms with Crippen molar-refractivity contribution in [3.05, 3.63) is 54.6 Å². The molecule has 3 rings (SSSR count). The first kappa shape index (κ1) is 15.1. The first-order valence-corrected chi connectivity index (χ1v) is 7.85. The smallest absolute Gasteiger partial charge is 0.227 e. The van der Waals surface area contributed by atoms with Crippen molar-refractivity contribution < 1.29 is 9.90 Å². The summed E-state index contributed by atoms with van der Waals surface area (Å²) in [7, 11) is 0. The summed E-state index contributed by atoms with van der Waals surface area (Å²) >= 11 is 1.20. The summed E-state index contributed by atoms with van der Waals surface area (Å²) in [6.45, 7) is 0. The summed E-state index contributed by atoms with van der Waals surface area (Å²) in [6, 6.07) is 16.4. The lowest BCUT2D eigenvalue weighted by Crippen LogP contribution is -2.13. The molecule has 0 spiro atoms. The number of aromatic nitrogens is 3. The van der Waals surface area contributed by atoms with Gasteiger partial charge in [-0.25, -0.2) is 0 Å². The molecule has 0 atom stereocenters. The molecule has 7 heteroatoms. The summed E-state index contributed by atoms with van der Waals surface area (Å²) in [5.74, 6) is 0.290. The molecule has 23 heavy (non-hydrogen) atoms. The highest BCUT2D eigenvalue weighted by Gasteiger charge is 2.18. The van der Waals surface area contributed by atoms with E-state index in [1.807, 2.05) is 36.4 Å². The van der Waals surface area contributed by atoms with Gasteiger partial charge in [0.2, 0.25) is 5.91 Å². The summed E-state index contributed by atoms with van der Waals surface area (Å²) in [6.07, 6.45) is 0. The molecule has 0 fully saturated rings. The Labute approximate surface area is 137 Å². The first-order valence-electron chi connectivity index (χ1n) is 6.87. The summed E-state index contributed by atoms with van der Waals surface area (Å²) in [5, 5.41) is 19.0. The Hall–Kier alpha value is -2.80. The minimum absolute atomic E-state index is 0.103. The van der Waals surface area contributed by atoms with E-state index < -0.39 is 5.91 Å². The fourth-order valence-corrected chi connectivity index (χ4v) is 2.84. The van der Waals surface area contributed by atoms with Gasteiger partial charge in [0.05, 0.1) is 11.3 Å². The lowest BCUT2D eigenvalue weighted by Gasteiger charge is -2.10. The SMILES string of the molecule is NC(=O)CSc1nnc(-c2ccccc2O)n1-c1ccccc1. The van der Waals surface area contributed by atoms with Crippen molar-refractivity contribution in [1.82, 2.24) is 14.8 Å². The number of carbonyl (C=O) groups is 1. The van der Waals surface area contributed by atoms with Crippen LogP contribution >= 0.6 is 11.8 Å². The molecule has 1 heterocycles.